The van der Waals surface area contributed by atoms with Gasteiger partial charge in [0.15, 0.2) is 0 Å². The number of benzene rings is 2. The smallest absolute Gasteiger partial charge is 0.225 e. The predicted octanol–water partition coefficient (Wildman–Crippen LogP) is 4.59. The van der Waals surface area contributed by atoms with Crippen molar-refractivity contribution in [3.05, 3.63) is 83.6 Å². The molecule has 1 heterocycles. The van der Waals surface area contributed by atoms with Gasteiger partial charge < -0.3 is 10.2 Å². The number of nitrogens with one attached hydrogen (secondary N) is 1. The van der Waals surface area contributed by atoms with Gasteiger partial charge in [-0.1, -0.05) is 60.7 Å². The van der Waals surface area contributed by atoms with Gasteiger partial charge >= 0.3 is 0 Å². The summed E-state index contributed by atoms with van der Waals surface area (Å²) in [6.45, 7) is 4.93. The standard InChI is InChI=1S/C21H24N4/c1-16-14-20(25(3)15-18-10-6-4-7-11-18)24-21(22-16)23-17(2)19-12-8-5-9-13-19/h4-14,17H,15H2,1-3H3,(H,22,23,24). The summed E-state index contributed by atoms with van der Waals surface area (Å²) in [5, 5.41) is 3.41. The first-order valence-corrected chi connectivity index (χ1v) is 8.54. The molecule has 1 aromatic heterocycles. The van der Waals surface area contributed by atoms with Gasteiger partial charge in [-0.25, -0.2) is 4.98 Å². The number of anilines is 2. The van der Waals surface area contributed by atoms with Crippen LogP contribution < -0.4 is 10.2 Å². The Labute approximate surface area is 149 Å². The van der Waals surface area contributed by atoms with E-state index in [2.05, 4.69) is 65.6 Å². The third-order valence-corrected chi connectivity index (χ3v) is 4.14. The lowest BCUT2D eigenvalue weighted by Crippen LogP contribution is -2.19. The predicted molar refractivity (Wildman–Crippen MR) is 104 cm³/mol. The van der Waals surface area contributed by atoms with Crippen LogP contribution in [0.4, 0.5) is 11.8 Å². The molecule has 1 atom stereocenters. The number of hydrogen-bond donors (Lipinski definition) is 1. The first-order valence-electron chi connectivity index (χ1n) is 8.54. The van der Waals surface area contributed by atoms with Crippen LogP contribution in [-0.4, -0.2) is 17.0 Å². The molecule has 0 spiro atoms. The Kier molecular flexibility index (Phi) is 5.29. The van der Waals surface area contributed by atoms with Crippen molar-refractivity contribution >= 4 is 11.8 Å². The molecule has 0 radical (unpaired) electrons. The second-order valence-electron chi connectivity index (χ2n) is 6.31. The first-order chi connectivity index (χ1) is 12.1. The summed E-state index contributed by atoms with van der Waals surface area (Å²) in [6, 6.07) is 22.9. The van der Waals surface area contributed by atoms with Gasteiger partial charge in [-0.3, -0.25) is 0 Å². The summed E-state index contributed by atoms with van der Waals surface area (Å²) in [6.07, 6.45) is 0. The van der Waals surface area contributed by atoms with Crippen molar-refractivity contribution in [3.63, 3.8) is 0 Å². The van der Waals surface area contributed by atoms with E-state index in [0.29, 0.717) is 5.95 Å². The van der Waals surface area contributed by atoms with E-state index in [1.165, 1.54) is 11.1 Å². The van der Waals surface area contributed by atoms with Crippen LogP contribution in [0.15, 0.2) is 66.7 Å². The second kappa shape index (κ2) is 7.79. The zero-order valence-electron chi connectivity index (χ0n) is 15.0. The summed E-state index contributed by atoms with van der Waals surface area (Å²) < 4.78 is 0. The fraction of sp³-hybridized carbons (Fsp3) is 0.238. The molecule has 3 aromatic rings. The number of aromatic nitrogens is 2. The lowest BCUT2D eigenvalue weighted by atomic mass is 10.1. The average Bonchev–Trinajstić information content (AvgIpc) is 2.63. The molecule has 25 heavy (non-hydrogen) atoms. The summed E-state index contributed by atoms with van der Waals surface area (Å²) in [4.78, 5) is 11.4. The van der Waals surface area contributed by atoms with E-state index < -0.39 is 0 Å². The summed E-state index contributed by atoms with van der Waals surface area (Å²) in [7, 11) is 2.05. The van der Waals surface area contributed by atoms with Crippen LogP contribution in [0.25, 0.3) is 0 Å². The zero-order chi connectivity index (χ0) is 17.6. The Balaban J connectivity index is 1.76. The fourth-order valence-electron chi connectivity index (χ4n) is 2.77. The summed E-state index contributed by atoms with van der Waals surface area (Å²) in [5.74, 6) is 1.57. The highest BCUT2D eigenvalue weighted by molar-refractivity contribution is 5.45. The molecule has 4 heteroatoms. The molecular formula is C21H24N4. The van der Waals surface area contributed by atoms with Crippen molar-refractivity contribution in [1.29, 1.82) is 0 Å². The minimum absolute atomic E-state index is 0.148. The summed E-state index contributed by atoms with van der Waals surface area (Å²) >= 11 is 0. The Morgan fingerprint density at radius 3 is 2.28 bits per heavy atom. The largest absolute Gasteiger partial charge is 0.355 e. The van der Waals surface area contributed by atoms with Gasteiger partial charge in [0.05, 0.1) is 6.04 Å². The number of rotatable bonds is 6. The lowest BCUT2D eigenvalue weighted by Gasteiger charge is -2.21. The maximum Gasteiger partial charge on any atom is 0.225 e. The quantitative estimate of drug-likeness (QED) is 0.716. The Morgan fingerprint density at radius 1 is 0.960 bits per heavy atom. The van der Waals surface area contributed by atoms with Crippen LogP contribution in [0.2, 0.25) is 0 Å². The Morgan fingerprint density at radius 2 is 1.60 bits per heavy atom. The molecule has 128 valence electrons. The molecule has 0 saturated carbocycles. The van der Waals surface area contributed by atoms with Gasteiger partial charge in [-0.05, 0) is 25.0 Å². The van der Waals surface area contributed by atoms with Crippen molar-refractivity contribution in [1.82, 2.24) is 9.97 Å². The Bertz CT molecular complexity index is 803. The third-order valence-electron chi connectivity index (χ3n) is 4.14. The number of hydrogen-bond acceptors (Lipinski definition) is 4. The molecule has 1 unspecified atom stereocenters. The molecule has 3 rings (SSSR count). The van der Waals surface area contributed by atoms with Crippen molar-refractivity contribution in [2.24, 2.45) is 0 Å². The molecular weight excluding hydrogens is 308 g/mol. The van der Waals surface area contributed by atoms with E-state index in [9.17, 15) is 0 Å². The lowest BCUT2D eigenvalue weighted by molar-refractivity contribution is 0.842. The fourth-order valence-corrected chi connectivity index (χ4v) is 2.77. The van der Waals surface area contributed by atoms with Crippen LogP contribution in [0, 0.1) is 6.92 Å². The van der Waals surface area contributed by atoms with Crippen LogP contribution >= 0.6 is 0 Å². The van der Waals surface area contributed by atoms with Crippen molar-refractivity contribution < 1.29 is 0 Å². The van der Waals surface area contributed by atoms with Crippen LogP contribution in [0.1, 0.15) is 29.8 Å². The zero-order valence-corrected chi connectivity index (χ0v) is 15.0. The molecule has 0 aliphatic heterocycles. The van der Waals surface area contributed by atoms with Crippen molar-refractivity contribution in [3.8, 4) is 0 Å². The van der Waals surface area contributed by atoms with E-state index in [0.717, 1.165) is 18.1 Å². The molecule has 0 amide bonds. The molecule has 2 aromatic carbocycles. The third kappa shape index (κ3) is 4.57. The van der Waals surface area contributed by atoms with Gasteiger partial charge in [0.2, 0.25) is 5.95 Å². The molecule has 0 saturated heterocycles. The monoisotopic (exact) mass is 332 g/mol. The van der Waals surface area contributed by atoms with Crippen LogP contribution in [0.5, 0.6) is 0 Å². The highest BCUT2D eigenvalue weighted by atomic mass is 15.2. The minimum atomic E-state index is 0.148. The van der Waals surface area contributed by atoms with E-state index in [1.54, 1.807) is 0 Å². The van der Waals surface area contributed by atoms with Gasteiger partial charge in [-0.2, -0.15) is 4.98 Å². The second-order valence-corrected chi connectivity index (χ2v) is 6.31. The SMILES string of the molecule is Cc1cc(N(C)Cc2ccccc2)nc(NC(C)c2ccccc2)n1. The highest BCUT2D eigenvalue weighted by Gasteiger charge is 2.10. The van der Waals surface area contributed by atoms with E-state index in [-0.39, 0.29) is 6.04 Å². The number of nitrogens with zero attached hydrogens (tertiary/aromatic N) is 3. The molecule has 0 fully saturated rings. The Hall–Kier alpha value is -2.88. The van der Waals surface area contributed by atoms with Crippen molar-refractivity contribution in [2.45, 2.75) is 26.4 Å². The van der Waals surface area contributed by atoms with E-state index >= 15 is 0 Å². The molecule has 4 nitrogen and oxygen atoms in total. The van der Waals surface area contributed by atoms with E-state index in [1.807, 2.05) is 37.3 Å². The maximum atomic E-state index is 4.70. The highest BCUT2D eigenvalue weighted by Crippen LogP contribution is 2.20. The normalized spacial score (nSPS) is 11.8. The minimum Gasteiger partial charge on any atom is -0.355 e. The summed E-state index contributed by atoms with van der Waals surface area (Å²) in [5.41, 5.74) is 3.42. The van der Waals surface area contributed by atoms with Gasteiger partial charge in [0.25, 0.3) is 0 Å². The maximum absolute atomic E-state index is 4.70. The van der Waals surface area contributed by atoms with E-state index in [4.69, 9.17) is 4.98 Å². The van der Waals surface area contributed by atoms with Crippen LogP contribution in [0.3, 0.4) is 0 Å². The van der Waals surface area contributed by atoms with Crippen molar-refractivity contribution in [2.75, 3.05) is 17.3 Å². The van der Waals surface area contributed by atoms with Crippen LogP contribution in [-0.2, 0) is 6.54 Å². The topological polar surface area (TPSA) is 41.1 Å². The molecule has 0 bridgehead atoms. The van der Waals surface area contributed by atoms with Gasteiger partial charge in [0.1, 0.15) is 5.82 Å². The molecule has 0 aliphatic rings. The average molecular weight is 332 g/mol. The van der Waals surface area contributed by atoms with Gasteiger partial charge in [-0.15, -0.1) is 0 Å². The molecule has 0 aliphatic carbocycles. The first kappa shape index (κ1) is 17.0. The molecule has 1 N–H and O–H groups in total. The van der Waals surface area contributed by atoms with Gasteiger partial charge in [0, 0.05) is 25.4 Å². The number of aryl methyl sites for hydroxylation is 1.